The van der Waals surface area contributed by atoms with E-state index in [-0.39, 0.29) is 0 Å². The van der Waals surface area contributed by atoms with Crippen LogP contribution in [-0.4, -0.2) is 38.4 Å². The van der Waals surface area contributed by atoms with Crippen LogP contribution >= 0.6 is 0 Å². The van der Waals surface area contributed by atoms with Gasteiger partial charge in [-0.1, -0.05) is 6.42 Å². The number of ether oxygens (including phenoxy) is 1. The van der Waals surface area contributed by atoms with E-state index in [1.54, 1.807) is 0 Å². The Labute approximate surface area is 80.2 Å². The van der Waals surface area contributed by atoms with E-state index in [0.717, 1.165) is 25.8 Å². The molecule has 3 nitrogen and oxygen atoms in total. The molecule has 0 aliphatic carbocycles. The van der Waals surface area contributed by atoms with Crippen LogP contribution in [0.1, 0.15) is 25.7 Å². The molecule has 0 aromatic rings. The molecule has 3 heteroatoms. The fraction of sp³-hybridized carbons (Fsp3) is 1.00. The topological polar surface area (TPSA) is 33.3 Å². The quantitative estimate of drug-likeness (QED) is 0.668. The van der Waals surface area contributed by atoms with Crippen molar-refractivity contribution in [2.24, 2.45) is 0 Å². The van der Waals surface area contributed by atoms with E-state index < -0.39 is 0 Å². The molecule has 0 aromatic heterocycles. The number of nitrogens with one attached hydrogen (secondary N) is 2. The molecule has 0 radical (unpaired) electrons. The van der Waals surface area contributed by atoms with Crippen molar-refractivity contribution in [1.82, 2.24) is 10.6 Å². The Morgan fingerprint density at radius 3 is 2.85 bits per heavy atom. The second kappa shape index (κ2) is 4.94. The van der Waals surface area contributed by atoms with Crippen molar-refractivity contribution in [3.8, 4) is 0 Å². The highest BCUT2D eigenvalue weighted by Crippen LogP contribution is 2.09. The maximum Gasteiger partial charge on any atom is 0.0643 e. The summed E-state index contributed by atoms with van der Waals surface area (Å²) in [5.74, 6) is 0. The van der Waals surface area contributed by atoms with Gasteiger partial charge in [0.05, 0.1) is 19.3 Å². The molecule has 1 unspecified atom stereocenters. The first-order valence-electron chi connectivity index (χ1n) is 5.49. The molecule has 76 valence electrons. The summed E-state index contributed by atoms with van der Waals surface area (Å²) in [5.41, 5.74) is 0. The lowest BCUT2D eigenvalue weighted by molar-refractivity contribution is -0.00524. The van der Waals surface area contributed by atoms with Gasteiger partial charge in [0, 0.05) is 6.04 Å². The lowest BCUT2D eigenvalue weighted by atomic mass is 10.0. The average Bonchev–Trinajstić information content (AvgIpc) is 2.11. The van der Waals surface area contributed by atoms with Crippen molar-refractivity contribution in [1.29, 1.82) is 0 Å². The minimum absolute atomic E-state index is 0.642. The van der Waals surface area contributed by atoms with Crippen molar-refractivity contribution in [2.45, 2.75) is 37.8 Å². The maximum atomic E-state index is 5.10. The smallest absolute Gasteiger partial charge is 0.0643 e. The molecule has 0 amide bonds. The van der Waals surface area contributed by atoms with Crippen LogP contribution in [0, 0.1) is 0 Å². The Kier molecular flexibility index (Phi) is 3.58. The molecular formula is C10H20N2O. The highest BCUT2D eigenvalue weighted by molar-refractivity contribution is 4.76. The Morgan fingerprint density at radius 1 is 1.31 bits per heavy atom. The molecular weight excluding hydrogens is 164 g/mol. The second-order valence-electron chi connectivity index (χ2n) is 4.12. The van der Waals surface area contributed by atoms with Gasteiger partial charge in [-0.2, -0.15) is 0 Å². The van der Waals surface area contributed by atoms with Crippen molar-refractivity contribution in [3.05, 3.63) is 0 Å². The molecule has 2 saturated heterocycles. The second-order valence-corrected chi connectivity index (χ2v) is 4.12. The predicted molar refractivity (Wildman–Crippen MR) is 52.9 cm³/mol. The van der Waals surface area contributed by atoms with Gasteiger partial charge in [-0.25, -0.2) is 0 Å². The van der Waals surface area contributed by atoms with Crippen molar-refractivity contribution < 1.29 is 4.74 Å². The normalized spacial score (nSPS) is 30.0. The molecule has 2 fully saturated rings. The molecule has 2 heterocycles. The molecule has 2 aliphatic heterocycles. The van der Waals surface area contributed by atoms with Gasteiger partial charge in [-0.05, 0) is 32.4 Å². The molecule has 2 aliphatic rings. The lowest BCUT2D eigenvalue weighted by Crippen LogP contribution is -2.47. The minimum atomic E-state index is 0.642. The SMILES string of the molecule is C1CCC(CCNC2COC2)NC1. The number of hydrogen-bond acceptors (Lipinski definition) is 3. The third-order valence-corrected chi connectivity index (χ3v) is 2.98. The Morgan fingerprint density at radius 2 is 2.23 bits per heavy atom. The van der Waals surface area contributed by atoms with Crippen LogP contribution in [0.15, 0.2) is 0 Å². The largest absolute Gasteiger partial charge is 0.378 e. The first kappa shape index (κ1) is 9.44. The summed E-state index contributed by atoms with van der Waals surface area (Å²) in [6, 6.07) is 1.41. The monoisotopic (exact) mass is 184 g/mol. The molecule has 0 saturated carbocycles. The van der Waals surface area contributed by atoms with Crippen molar-refractivity contribution >= 4 is 0 Å². The van der Waals surface area contributed by atoms with E-state index in [2.05, 4.69) is 10.6 Å². The lowest BCUT2D eigenvalue weighted by Gasteiger charge is -2.29. The summed E-state index contributed by atoms with van der Waals surface area (Å²) in [6.07, 6.45) is 5.41. The van der Waals surface area contributed by atoms with E-state index in [9.17, 15) is 0 Å². The van der Waals surface area contributed by atoms with Crippen LogP contribution < -0.4 is 10.6 Å². The summed E-state index contributed by atoms with van der Waals surface area (Å²) >= 11 is 0. The van der Waals surface area contributed by atoms with Crippen LogP contribution in [-0.2, 0) is 4.74 Å². The van der Waals surface area contributed by atoms with Crippen LogP contribution in [0.4, 0.5) is 0 Å². The van der Waals surface area contributed by atoms with Crippen LogP contribution in [0.5, 0.6) is 0 Å². The van der Waals surface area contributed by atoms with Crippen LogP contribution in [0.25, 0.3) is 0 Å². The van der Waals surface area contributed by atoms with Crippen molar-refractivity contribution in [2.75, 3.05) is 26.3 Å². The molecule has 0 bridgehead atoms. The summed E-state index contributed by atoms with van der Waals surface area (Å²) in [5, 5.41) is 7.06. The van der Waals surface area contributed by atoms with E-state index >= 15 is 0 Å². The highest BCUT2D eigenvalue weighted by atomic mass is 16.5. The van der Waals surface area contributed by atoms with Gasteiger partial charge >= 0.3 is 0 Å². The van der Waals surface area contributed by atoms with Gasteiger partial charge in [0.25, 0.3) is 0 Å². The maximum absolute atomic E-state index is 5.10. The van der Waals surface area contributed by atoms with Gasteiger partial charge in [0.2, 0.25) is 0 Å². The molecule has 13 heavy (non-hydrogen) atoms. The fourth-order valence-electron chi connectivity index (χ4n) is 1.99. The number of hydrogen-bond donors (Lipinski definition) is 2. The van der Waals surface area contributed by atoms with Crippen molar-refractivity contribution in [3.63, 3.8) is 0 Å². The number of rotatable bonds is 4. The summed E-state index contributed by atoms with van der Waals surface area (Å²) < 4.78 is 5.10. The zero-order chi connectivity index (χ0) is 8.93. The van der Waals surface area contributed by atoms with Gasteiger partial charge in [0.15, 0.2) is 0 Å². The molecule has 2 rings (SSSR count). The van der Waals surface area contributed by atoms with E-state index in [1.165, 1.54) is 32.2 Å². The predicted octanol–water partition coefficient (Wildman–Crippen LogP) is 0.507. The summed E-state index contributed by atoms with van der Waals surface area (Å²) in [4.78, 5) is 0. The first-order chi connectivity index (χ1) is 6.45. The standard InChI is InChI=1S/C10H20N2O/c1-2-5-11-9(3-1)4-6-12-10-7-13-8-10/h9-12H,1-8H2. The third-order valence-electron chi connectivity index (χ3n) is 2.98. The Balaban J connectivity index is 1.50. The van der Waals surface area contributed by atoms with Crippen LogP contribution in [0.3, 0.4) is 0 Å². The number of piperidine rings is 1. The van der Waals surface area contributed by atoms with Gasteiger partial charge in [-0.3, -0.25) is 0 Å². The van der Waals surface area contributed by atoms with Gasteiger partial charge in [0.1, 0.15) is 0 Å². The summed E-state index contributed by atoms with van der Waals surface area (Å²) in [6.45, 7) is 4.19. The minimum Gasteiger partial charge on any atom is -0.378 e. The third kappa shape index (κ3) is 2.93. The van der Waals surface area contributed by atoms with E-state index in [0.29, 0.717) is 6.04 Å². The zero-order valence-electron chi connectivity index (χ0n) is 8.22. The zero-order valence-corrected chi connectivity index (χ0v) is 8.22. The van der Waals surface area contributed by atoms with Gasteiger partial charge in [-0.15, -0.1) is 0 Å². The van der Waals surface area contributed by atoms with E-state index in [1.807, 2.05) is 0 Å². The van der Waals surface area contributed by atoms with Crippen LogP contribution in [0.2, 0.25) is 0 Å². The Bertz CT molecular complexity index is 142. The Hall–Kier alpha value is -0.120. The van der Waals surface area contributed by atoms with E-state index in [4.69, 9.17) is 4.74 Å². The highest BCUT2D eigenvalue weighted by Gasteiger charge is 2.18. The first-order valence-corrected chi connectivity index (χ1v) is 5.49. The molecule has 0 aromatic carbocycles. The molecule has 2 N–H and O–H groups in total. The average molecular weight is 184 g/mol. The molecule has 0 spiro atoms. The van der Waals surface area contributed by atoms with Gasteiger partial charge < -0.3 is 15.4 Å². The molecule has 1 atom stereocenters. The summed E-state index contributed by atoms with van der Waals surface area (Å²) in [7, 11) is 0. The fourth-order valence-corrected chi connectivity index (χ4v) is 1.99.